The summed E-state index contributed by atoms with van der Waals surface area (Å²) in [4.78, 5) is 16.9. The number of carbonyl (C=O) groups is 1. The molecule has 6 heteroatoms. The Kier molecular flexibility index (Phi) is 4.25. The van der Waals surface area contributed by atoms with Crippen LogP contribution in [0.5, 0.6) is 5.75 Å². The molecule has 4 aromatic rings. The summed E-state index contributed by atoms with van der Waals surface area (Å²) < 4.78 is 11.8. The average Bonchev–Trinajstić information content (AvgIpc) is 3.08. The van der Waals surface area contributed by atoms with Gasteiger partial charge in [-0.05, 0) is 44.2 Å². The van der Waals surface area contributed by atoms with Crippen LogP contribution in [0.2, 0.25) is 0 Å². The third-order valence-electron chi connectivity index (χ3n) is 4.18. The number of rotatable bonds is 4. The zero-order chi connectivity index (χ0) is 19.0. The molecule has 0 aliphatic carbocycles. The molecule has 0 atom stereocenters. The molecule has 0 spiro atoms. The van der Waals surface area contributed by atoms with E-state index in [0.717, 1.165) is 5.39 Å². The molecule has 27 heavy (non-hydrogen) atoms. The molecular formula is C21H18N2O4. The molecule has 0 radical (unpaired) electrons. The van der Waals surface area contributed by atoms with Gasteiger partial charge in [0.2, 0.25) is 0 Å². The molecule has 2 aromatic heterocycles. The lowest BCUT2D eigenvalue weighted by Crippen LogP contribution is -2.27. The Balaban J connectivity index is 1.92. The van der Waals surface area contributed by atoms with E-state index in [-0.39, 0.29) is 6.10 Å². The van der Waals surface area contributed by atoms with Gasteiger partial charge in [0, 0.05) is 23.2 Å². The fraction of sp³-hybridized carbons (Fsp3) is 0.143. The zero-order valence-electron chi connectivity index (χ0n) is 14.9. The SMILES string of the molecule is CC(C)Oc1ccc(C(=O)N(O)c2ccncc2)c2c1oc1ccccc12. The lowest BCUT2D eigenvalue weighted by Gasteiger charge is -2.16. The van der Waals surface area contributed by atoms with Gasteiger partial charge in [-0.15, -0.1) is 0 Å². The summed E-state index contributed by atoms with van der Waals surface area (Å²) in [6, 6.07) is 13.9. The smallest absolute Gasteiger partial charge is 0.282 e. The molecule has 0 saturated carbocycles. The standard InChI is InChI=1S/C21H18N2O4/c1-13(2)26-18-8-7-16(21(24)23(25)14-9-11-22-12-10-14)19-15-5-3-4-6-17(15)27-20(18)19/h3-13,25H,1-2H3. The number of furan rings is 1. The van der Waals surface area contributed by atoms with Crippen LogP contribution in [0.25, 0.3) is 21.9 Å². The first-order valence-corrected chi connectivity index (χ1v) is 8.60. The maximum atomic E-state index is 13.0. The van der Waals surface area contributed by atoms with Gasteiger partial charge >= 0.3 is 0 Å². The second-order valence-corrected chi connectivity index (χ2v) is 6.40. The van der Waals surface area contributed by atoms with E-state index in [1.165, 1.54) is 12.4 Å². The van der Waals surface area contributed by atoms with Crippen molar-refractivity contribution in [3.05, 3.63) is 66.5 Å². The van der Waals surface area contributed by atoms with Crippen LogP contribution in [-0.4, -0.2) is 22.2 Å². The second kappa shape index (κ2) is 6.74. The molecule has 4 rings (SSSR count). The van der Waals surface area contributed by atoms with Gasteiger partial charge in [-0.25, -0.2) is 0 Å². The summed E-state index contributed by atoms with van der Waals surface area (Å²) in [6.45, 7) is 3.85. The van der Waals surface area contributed by atoms with E-state index in [9.17, 15) is 10.0 Å². The Labute approximate surface area is 155 Å². The first-order valence-electron chi connectivity index (χ1n) is 8.60. The van der Waals surface area contributed by atoms with Crippen LogP contribution in [0.1, 0.15) is 24.2 Å². The van der Waals surface area contributed by atoms with Crippen molar-refractivity contribution in [2.45, 2.75) is 20.0 Å². The molecule has 0 unspecified atom stereocenters. The van der Waals surface area contributed by atoms with Crippen LogP contribution in [0, 0.1) is 0 Å². The maximum Gasteiger partial charge on any atom is 0.282 e. The van der Waals surface area contributed by atoms with Gasteiger partial charge in [0.15, 0.2) is 11.3 Å². The van der Waals surface area contributed by atoms with E-state index in [4.69, 9.17) is 9.15 Å². The minimum atomic E-state index is -0.561. The first kappa shape index (κ1) is 17.1. The van der Waals surface area contributed by atoms with Gasteiger partial charge in [-0.3, -0.25) is 15.0 Å². The molecule has 2 aromatic carbocycles. The Morgan fingerprint density at radius 1 is 1.11 bits per heavy atom. The van der Waals surface area contributed by atoms with Gasteiger partial charge in [0.25, 0.3) is 5.91 Å². The van der Waals surface area contributed by atoms with Crippen molar-refractivity contribution < 1.29 is 19.2 Å². The van der Waals surface area contributed by atoms with Crippen molar-refractivity contribution in [1.29, 1.82) is 0 Å². The van der Waals surface area contributed by atoms with Crippen molar-refractivity contribution in [2.75, 3.05) is 5.06 Å². The molecule has 0 saturated heterocycles. The highest BCUT2D eigenvalue weighted by molar-refractivity contribution is 6.20. The van der Waals surface area contributed by atoms with Crippen molar-refractivity contribution in [1.82, 2.24) is 4.98 Å². The van der Waals surface area contributed by atoms with Gasteiger partial charge in [-0.1, -0.05) is 18.2 Å². The number of amides is 1. The summed E-state index contributed by atoms with van der Waals surface area (Å²) in [7, 11) is 0. The van der Waals surface area contributed by atoms with Gasteiger partial charge in [-0.2, -0.15) is 5.06 Å². The highest BCUT2D eigenvalue weighted by Gasteiger charge is 2.24. The number of hydrogen-bond acceptors (Lipinski definition) is 5. The molecule has 1 amide bonds. The first-order chi connectivity index (χ1) is 13.1. The highest BCUT2D eigenvalue weighted by atomic mass is 16.5. The van der Waals surface area contributed by atoms with E-state index >= 15 is 0 Å². The number of benzene rings is 2. The Morgan fingerprint density at radius 3 is 2.59 bits per heavy atom. The van der Waals surface area contributed by atoms with E-state index in [2.05, 4.69) is 4.98 Å². The molecule has 0 aliphatic rings. The van der Waals surface area contributed by atoms with Crippen molar-refractivity contribution in [3.63, 3.8) is 0 Å². The third-order valence-corrected chi connectivity index (χ3v) is 4.18. The minimum absolute atomic E-state index is 0.0471. The molecule has 6 nitrogen and oxygen atoms in total. The normalized spacial score (nSPS) is 11.3. The summed E-state index contributed by atoms with van der Waals surface area (Å²) in [5.41, 5.74) is 1.79. The van der Waals surface area contributed by atoms with Crippen LogP contribution in [0.4, 0.5) is 5.69 Å². The van der Waals surface area contributed by atoms with Crippen LogP contribution >= 0.6 is 0 Å². The number of hydrogen-bond donors (Lipinski definition) is 1. The van der Waals surface area contributed by atoms with Crippen LogP contribution < -0.4 is 9.80 Å². The van der Waals surface area contributed by atoms with E-state index < -0.39 is 5.91 Å². The number of para-hydroxylation sites is 1. The maximum absolute atomic E-state index is 13.0. The summed E-state index contributed by atoms with van der Waals surface area (Å²) >= 11 is 0. The zero-order valence-corrected chi connectivity index (χ0v) is 14.9. The molecule has 136 valence electrons. The molecule has 1 N–H and O–H groups in total. The van der Waals surface area contributed by atoms with E-state index in [1.807, 2.05) is 38.1 Å². The predicted octanol–water partition coefficient (Wildman–Crippen LogP) is 4.80. The van der Waals surface area contributed by atoms with Crippen molar-refractivity contribution in [3.8, 4) is 5.75 Å². The van der Waals surface area contributed by atoms with Gasteiger partial charge in [0.05, 0.1) is 17.4 Å². The number of pyridine rings is 1. The number of anilines is 1. The highest BCUT2D eigenvalue weighted by Crippen LogP contribution is 2.38. The summed E-state index contributed by atoms with van der Waals surface area (Å²) in [5, 5.41) is 12.4. The number of aromatic nitrogens is 1. The number of carbonyl (C=O) groups excluding carboxylic acids is 1. The lowest BCUT2D eigenvalue weighted by atomic mass is 10.0. The van der Waals surface area contributed by atoms with Crippen molar-refractivity contribution >= 4 is 33.5 Å². The molecule has 0 fully saturated rings. The summed E-state index contributed by atoms with van der Waals surface area (Å²) in [6.07, 6.45) is 2.97. The number of hydroxylamine groups is 1. The number of ether oxygens (including phenoxy) is 1. The van der Waals surface area contributed by atoms with Gasteiger partial charge in [0.1, 0.15) is 5.58 Å². The fourth-order valence-corrected chi connectivity index (χ4v) is 3.05. The van der Waals surface area contributed by atoms with Crippen LogP contribution in [0.3, 0.4) is 0 Å². The van der Waals surface area contributed by atoms with Gasteiger partial charge < -0.3 is 9.15 Å². The number of fused-ring (bicyclic) bond motifs is 3. The monoisotopic (exact) mass is 362 g/mol. The fourth-order valence-electron chi connectivity index (χ4n) is 3.05. The second-order valence-electron chi connectivity index (χ2n) is 6.40. The molecule has 0 bridgehead atoms. The summed E-state index contributed by atoms with van der Waals surface area (Å²) in [5.74, 6) is -0.00463. The van der Waals surface area contributed by atoms with E-state index in [1.54, 1.807) is 24.3 Å². The molecule has 0 aliphatic heterocycles. The van der Waals surface area contributed by atoms with Crippen LogP contribution in [0.15, 0.2) is 65.3 Å². The van der Waals surface area contributed by atoms with Crippen LogP contribution in [-0.2, 0) is 0 Å². The predicted molar refractivity (Wildman–Crippen MR) is 102 cm³/mol. The number of nitrogens with zero attached hydrogens (tertiary/aromatic N) is 2. The molecular weight excluding hydrogens is 344 g/mol. The largest absolute Gasteiger partial charge is 0.487 e. The topological polar surface area (TPSA) is 75.8 Å². The third kappa shape index (κ3) is 3.00. The Hall–Kier alpha value is -3.38. The van der Waals surface area contributed by atoms with Crippen molar-refractivity contribution in [2.24, 2.45) is 0 Å². The van der Waals surface area contributed by atoms with E-state index in [0.29, 0.717) is 38.6 Å². The Morgan fingerprint density at radius 2 is 1.85 bits per heavy atom. The quantitative estimate of drug-likeness (QED) is 0.417. The minimum Gasteiger partial charge on any atom is -0.487 e. The molecule has 2 heterocycles. The average molecular weight is 362 g/mol. The Bertz CT molecular complexity index is 1120. The lowest BCUT2D eigenvalue weighted by molar-refractivity contribution is 0.0856.